The minimum Gasteiger partial charge on any atom is -0.345 e. The van der Waals surface area contributed by atoms with Crippen molar-refractivity contribution >= 4 is 27.5 Å². The molecule has 4 nitrogen and oxygen atoms in total. The summed E-state index contributed by atoms with van der Waals surface area (Å²) in [6, 6.07) is 9.02. The zero-order valence-corrected chi connectivity index (χ0v) is 12.2. The van der Waals surface area contributed by atoms with Crippen LogP contribution in [0.1, 0.15) is 21.6 Å². The van der Waals surface area contributed by atoms with Crippen LogP contribution in [0.15, 0.2) is 34.9 Å². The number of carbonyl (C=O) groups is 1. The third-order valence-corrected chi connectivity index (χ3v) is 3.25. The predicted molar refractivity (Wildman–Crippen MR) is 77.0 cm³/mol. The van der Waals surface area contributed by atoms with Crippen molar-refractivity contribution in [3.8, 4) is 6.07 Å². The Hall–Kier alpha value is -2.06. The van der Waals surface area contributed by atoms with Crippen molar-refractivity contribution in [2.24, 2.45) is 7.05 Å². The van der Waals surface area contributed by atoms with Gasteiger partial charge in [0.1, 0.15) is 5.69 Å². The van der Waals surface area contributed by atoms with Gasteiger partial charge in [-0.25, -0.2) is 0 Å². The highest BCUT2D eigenvalue weighted by molar-refractivity contribution is 9.10. The van der Waals surface area contributed by atoms with Crippen LogP contribution >= 0.6 is 15.9 Å². The number of anilines is 1. The summed E-state index contributed by atoms with van der Waals surface area (Å²) in [5.74, 6) is -0.202. The number of benzene rings is 1. The molecule has 1 aromatic carbocycles. The highest BCUT2D eigenvalue weighted by Gasteiger charge is 2.12. The van der Waals surface area contributed by atoms with Gasteiger partial charge in [-0.05, 0) is 46.6 Å². The van der Waals surface area contributed by atoms with Crippen LogP contribution in [0.5, 0.6) is 0 Å². The second-order valence-electron chi connectivity index (χ2n) is 4.25. The van der Waals surface area contributed by atoms with Gasteiger partial charge in [0.25, 0.3) is 5.91 Å². The number of hydrogen-bond acceptors (Lipinski definition) is 2. The number of aromatic nitrogens is 1. The number of amides is 1. The molecule has 19 heavy (non-hydrogen) atoms. The number of nitrogens with one attached hydrogen (secondary N) is 1. The largest absolute Gasteiger partial charge is 0.345 e. The molecule has 0 aliphatic heterocycles. The second-order valence-corrected chi connectivity index (χ2v) is 5.17. The van der Waals surface area contributed by atoms with Gasteiger partial charge in [-0.1, -0.05) is 6.07 Å². The second kappa shape index (κ2) is 5.29. The molecular formula is C14H12BrN3O. The summed E-state index contributed by atoms with van der Waals surface area (Å²) in [5, 5.41) is 11.7. The number of nitriles is 1. The maximum Gasteiger partial charge on any atom is 0.272 e. The molecule has 1 aromatic heterocycles. The van der Waals surface area contributed by atoms with Crippen LogP contribution in [-0.2, 0) is 7.05 Å². The summed E-state index contributed by atoms with van der Waals surface area (Å²) in [6.45, 7) is 1.89. The lowest BCUT2D eigenvalue weighted by atomic mass is 10.1. The molecule has 1 amide bonds. The minimum absolute atomic E-state index is 0.202. The maximum atomic E-state index is 12.2. The van der Waals surface area contributed by atoms with E-state index in [0.29, 0.717) is 16.9 Å². The Morgan fingerprint density at radius 3 is 2.74 bits per heavy atom. The van der Waals surface area contributed by atoms with E-state index in [2.05, 4.69) is 27.3 Å². The lowest BCUT2D eigenvalue weighted by molar-refractivity contribution is 0.101. The van der Waals surface area contributed by atoms with Crippen molar-refractivity contribution in [2.75, 3.05) is 5.32 Å². The minimum atomic E-state index is -0.202. The van der Waals surface area contributed by atoms with E-state index in [1.54, 1.807) is 29.8 Å². The summed E-state index contributed by atoms with van der Waals surface area (Å²) in [7, 11) is 1.80. The Labute approximate surface area is 119 Å². The van der Waals surface area contributed by atoms with Crippen LogP contribution in [0, 0.1) is 18.3 Å². The molecule has 0 saturated carbocycles. The van der Waals surface area contributed by atoms with Crippen molar-refractivity contribution in [3.05, 3.63) is 51.8 Å². The highest BCUT2D eigenvalue weighted by atomic mass is 79.9. The van der Waals surface area contributed by atoms with E-state index in [-0.39, 0.29) is 5.91 Å². The Morgan fingerprint density at radius 1 is 1.42 bits per heavy atom. The molecule has 0 spiro atoms. The van der Waals surface area contributed by atoms with Crippen LogP contribution < -0.4 is 5.32 Å². The molecule has 1 N–H and O–H groups in total. The molecule has 96 valence electrons. The SMILES string of the molecule is Cc1ccc(C#N)cc1NC(=O)c1cc(Br)cn1C. The molecule has 2 aromatic rings. The van der Waals surface area contributed by atoms with E-state index in [1.165, 1.54) is 0 Å². The summed E-state index contributed by atoms with van der Waals surface area (Å²) < 4.78 is 2.59. The first kappa shape index (κ1) is 13.4. The fourth-order valence-corrected chi connectivity index (χ4v) is 2.29. The summed E-state index contributed by atoms with van der Waals surface area (Å²) >= 11 is 3.33. The highest BCUT2D eigenvalue weighted by Crippen LogP contribution is 2.19. The van der Waals surface area contributed by atoms with Gasteiger partial charge >= 0.3 is 0 Å². The average molecular weight is 318 g/mol. The van der Waals surface area contributed by atoms with E-state index >= 15 is 0 Å². The monoisotopic (exact) mass is 317 g/mol. The topological polar surface area (TPSA) is 57.8 Å². The zero-order valence-electron chi connectivity index (χ0n) is 10.6. The van der Waals surface area contributed by atoms with Crippen molar-refractivity contribution in [3.63, 3.8) is 0 Å². The number of aryl methyl sites for hydroxylation is 2. The normalized spacial score (nSPS) is 10.0. The van der Waals surface area contributed by atoms with E-state index < -0.39 is 0 Å². The third-order valence-electron chi connectivity index (χ3n) is 2.82. The number of hydrogen-bond donors (Lipinski definition) is 1. The van der Waals surface area contributed by atoms with Gasteiger partial charge in [-0.15, -0.1) is 0 Å². The molecule has 0 aliphatic carbocycles. The molecule has 0 fully saturated rings. The van der Waals surface area contributed by atoms with Crippen LogP contribution in [0.4, 0.5) is 5.69 Å². The Kier molecular flexibility index (Phi) is 3.72. The van der Waals surface area contributed by atoms with Gasteiger partial charge in [0.2, 0.25) is 0 Å². The molecular weight excluding hydrogens is 306 g/mol. The Bertz CT molecular complexity index is 682. The van der Waals surface area contributed by atoms with Gasteiger partial charge in [0.15, 0.2) is 0 Å². The van der Waals surface area contributed by atoms with E-state index in [0.717, 1.165) is 10.0 Å². The molecule has 0 radical (unpaired) electrons. The third kappa shape index (κ3) is 2.85. The van der Waals surface area contributed by atoms with Crippen LogP contribution in [0.25, 0.3) is 0 Å². The van der Waals surface area contributed by atoms with Crippen molar-refractivity contribution in [1.82, 2.24) is 4.57 Å². The first-order valence-electron chi connectivity index (χ1n) is 5.65. The molecule has 5 heteroatoms. The van der Waals surface area contributed by atoms with E-state index in [9.17, 15) is 4.79 Å². The molecule has 0 saturated heterocycles. The van der Waals surface area contributed by atoms with Gasteiger partial charge in [0, 0.05) is 23.4 Å². The lowest BCUT2D eigenvalue weighted by Crippen LogP contribution is -2.16. The smallest absolute Gasteiger partial charge is 0.272 e. The number of halogens is 1. The van der Waals surface area contributed by atoms with Crippen molar-refractivity contribution < 1.29 is 4.79 Å². The maximum absolute atomic E-state index is 12.2. The fraction of sp³-hybridized carbons (Fsp3) is 0.143. The molecule has 0 atom stereocenters. The molecule has 0 unspecified atom stereocenters. The number of nitrogens with zero attached hydrogens (tertiary/aromatic N) is 2. The summed E-state index contributed by atoms with van der Waals surface area (Å²) in [4.78, 5) is 12.2. The van der Waals surface area contributed by atoms with E-state index in [4.69, 9.17) is 5.26 Å². The van der Waals surface area contributed by atoms with Crippen molar-refractivity contribution in [2.45, 2.75) is 6.92 Å². The van der Waals surface area contributed by atoms with Gasteiger partial charge in [-0.2, -0.15) is 5.26 Å². The van der Waals surface area contributed by atoms with Gasteiger partial charge < -0.3 is 9.88 Å². The Morgan fingerprint density at radius 2 is 2.16 bits per heavy atom. The molecule has 0 bridgehead atoms. The van der Waals surface area contributed by atoms with E-state index in [1.807, 2.05) is 19.2 Å². The van der Waals surface area contributed by atoms with Crippen LogP contribution in [-0.4, -0.2) is 10.5 Å². The lowest BCUT2D eigenvalue weighted by Gasteiger charge is -2.09. The standard InChI is InChI=1S/C14H12BrN3O/c1-9-3-4-10(7-16)5-12(9)17-14(19)13-6-11(15)8-18(13)2/h3-6,8H,1-2H3,(H,17,19). The number of carbonyl (C=O) groups excluding carboxylic acids is 1. The summed E-state index contributed by atoms with van der Waals surface area (Å²) in [5.41, 5.74) is 2.64. The quantitative estimate of drug-likeness (QED) is 0.924. The van der Waals surface area contributed by atoms with Crippen LogP contribution in [0.3, 0.4) is 0 Å². The zero-order chi connectivity index (χ0) is 14.0. The first-order chi connectivity index (χ1) is 9.01. The van der Waals surface area contributed by atoms with Crippen molar-refractivity contribution in [1.29, 1.82) is 5.26 Å². The number of rotatable bonds is 2. The summed E-state index contributed by atoms with van der Waals surface area (Å²) in [6.07, 6.45) is 1.81. The molecule has 1 heterocycles. The Balaban J connectivity index is 2.29. The predicted octanol–water partition coefficient (Wildman–Crippen LogP) is 3.22. The molecule has 2 rings (SSSR count). The molecule has 0 aliphatic rings. The van der Waals surface area contributed by atoms with Gasteiger partial charge in [-0.3, -0.25) is 4.79 Å². The fourth-order valence-electron chi connectivity index (χ4n) is 1.76. The first-order valence-corrected chi connectivity index (χ1v) is 6.44. The average Bonchev–Trinajstić information content (AvgIpc) is 2.71. The van der Waals surface area contributed by atoms with Crippen LogP contribution in [0.2, 0.25) is 0 Å². The van der Waals surface area contributed by atoms with Gasteiger partial charge in [0.05, 0.1) is 11.6 Å².